The zero-order chi connectivity index (χ0) is 13.1. The Labute approximate surface area is 105 Å². The van der Waals surface area contributed by atoms with E-state index in [-0.39, 0.29) is 0 Å². The quantitative estimate of drug-likeness (QED) is 0.711. The van der Waals surface area contributed by atoms with E-state index in [9.17, 15) is 4.79 Å². The van der Waals surface area contributed by atoms with E-state index in [0.717, 1.165) is 12.1 Å². The molecule has 0 amide bonds. The molecule has 5 heteroatoms. The van der Waals surface area contributed by atoms with Crippen LogP contribution in [-0.4, -0.2) is 11.0 Å². The molecular formula is C13H19N3O2. The van der Waals surface area contributed by atoms with Crippen molar-refractivity contribution in [1.82, 2.24) is 4.98 Å². The highest BCUT2D eigenvalue weighted by atomic mass is 16.4. The summed E-state index contributed by atoms with van der Waals surface area (Å²) in [5, 5.41) is 3.36. The predicted molar refractivity (Wildman–Crippen MR) is 73.9 cm³/mol. The van der Waals surface area contributed by atoms with E-state index in [1.54, 1.807) is 6.07 Å². The van der Waals surface area contributed by atoms with Gasteiger partial charge in [0.05, 0.1) is 16.9 Å². The molecule has 0 aliphatic rings. The molecule has 18 heavy (non-hydrogen) atoms. The van der Waals surface area contributed by atoms with Gasteiger partial charge in [0.25, 0.3) is 0 Å². The number of hydrogen-bond donors (Lipinski definition) is 3. The summed E-state index contributed by atoms with van der Waals surface area (Å²) in [5.74, 6) is -0.458. The van der Waals surface area contributed by atoms with Crippen molar-refractivity contribution in [3.8, 4) is 0 Å². The number of rotatable bonds is 5. The molecule has 0 fully saturated rings. The summed E-state index contributed by atoms with van der Waals surface area (Å²) in [6.45, 7) is 4.29. The van der Waals surface area contributed by atoms with Crippen LogP contribution >= 0.6 is 0 Å². The van der Waals surface area contributed by atoms with Crippen LogP contribution in [0.25, 0.3) is 11.1 Å². The summed E-state index contributed by atoms with van der Waals surface area (Å²) < 4.78 is 4.95. The molecule has 0 aliphatic heterocycles. The molecule has 2 rings (SSSR count). The van der Waals surface area contributed by atoms with E-state index in [1.165, 1.54) is 12.8 Å². The Morgan fingerprint density at radius 1 is 1.50 bits per heavy atom. The largest absolute Gasteiger partial charge is 0.417 e. The highest BCUT2D eigenvalue weighted by Crippen LogP contribution is 2.25. The Morgan fingerprint density at radius 3 is 3.00 bits per heavy atom. The number of nitrogen functional groups attached to an aromatic ring is 1. The third kappa shape index (κ3) is 2.67. The van der Waals surface area contributed by atoms with Crippen LogP contribution < -0.4 is 16.8 Å². The molecule has 1 aromatic heterocycles. The smallest absolute Gasteiger partial charge is 0.408 e. The fourth-order valence-corrected chi connectivity index (χ4v) is 1.99. The average Bonchev–Trinajstić information content (AvgIpc) is 2.66. The first-order chi connectivity index (χ1) is 8.60. The molecule has 1 aromatic carbocycles. The van der Waals surface area contributed by atoms with Crippen molar-refractivity contribution < 1.29 is 4.42 Å². The topological polar surface area (TPSA) is 84.0 Å². The van der Waals surface area contributed by atoms with Crippen molar-refractivity contribution in [2.75, 3.05) is 11.1 Å². The number of unbranched alkanes of at least 4 members (excludes halogenated alkanes) is 1. The van der Waals surface area contributed by atoms with Crippen molar-refractivity contribution >= 4 is 22.5 Å². The maximum atomic E-state index is 11.1. The zero-order valence-corrected chi connectivity index (χ0v) is 10.7. The van der Waals surface area contributed by atoms with E-state index in [0.29, 0.717) is 22.8 Å². The Bertz CT molecular complexity index is 585. The number of fused-ring (bicyclic) bond motifs is 1. The lowest BCUT2D eigenvalue weighted by atomic mass is 10.1. The number of anilines is 2. The second-order valence-electron chi connectivity index (χ2n) is 4.64. The lowest BCUT2D eigenvalue weighted by molar-refractivity contribution is 0.555. The first kappa shape index (κ1) is 12.5. The van der Waals surface area contributed by atoms with Gasteiger partial charge in [-0.25, -0.2) is 4.79 Å². The lowest BCUT2D eigenvalue weighted by Gasteiger charge is -2.16. The van der Waals surface area contributed by atoms with Gasteiger partial charge in [0, 0.05) is 12.1 Å². The number of nitrogens with two attached hydrogens (primary N) is 1. The van der Waals surface area contributed by atoms with E-state index in [2.05, 4.69) is 24.1 Å². The third-order valence-corrected chi connectivity index (χ3v) is 2.98. The van der Waals surface area contributed by atoms with Gasteiger partial charge in [-0.05, 0) is 19.4 Å². The van der Waals surface area contributed by atoms with Gasteiger partial charge in [0.1, 0.15) is 0 Å². The summed E-state index contributed by atoms with van der Waals surface area (Å²) >= 11 is 0. The summed E-state index contributed by atoms with van der Waals surface area (Å²) in [7, 11) is 0. The van der Waals surface area contributed by atoms with Crippen LogP contribution in [0, 0.1) is 0 Å². The van der Waals surface area contributed by atoms with Gasteiger partial charge in [0.2, 0.25) is 0 Å². The summed E-state index contributed by atoms with van der Waals surface area (Å²) in [5.41, 5.74) is 8.52. The number of benzene rings is 1. The summed E-state index contributed by atoms with van der Waals surface area (Å²) in [4.78, 5) is 13.7. The molecular weight excluding hydrogens is 230 g/mol. The van der Waals surface area contributed by atoms with Gasteiger partial charge in [-0.15, -0.1) is 0 Å². The van der Waals surface area contributed by atoms with Crippen molar-refractivity contribution in [3.63, 3.8) is 0 Å². The number of H-pyrrole nitrogens is 1. The second kappa shape index (κ2) is 5.16. The first-order valence-corrected chi connectivity index (χ1v) is 6.29. The predicted octanol–water partition coefficient (Wildman–Crippen LogP) is 2.69. The molecule has 1 unspecified atom stereocenters. The number of aromatic amines is 1. The minimum Gasteiger partial charge on any atom is -0.408 e. The van der Waals surface area contributed by atoms with Gasteiger partial charge in [-0.3, -0.25) is 4.98 Å². The molecule has 4 N–H and O–H groups in total. The first-order valence-electron chi connectivity index (χ1n) is 6.29. The molecule has 1 atom stereocenters. The van der Waals surface area contributed by atoms with E-state index in [4.69, 9.17) is 10.2 Å². The molecule has 0 radical (unpaired) electrons. The van der Waals surface area contributed by atoms with Gasteiger partial charge < -0.3 is 15.5 Å². The summed E-state index contributed by atoms with van der Waals surface area (Å²) in [6, 6.07) is 3.84. The molecule has 0 spiro atoms. The second-order valence-corrected chi connectivity index (χ2v) is 4.64. The highest BCUT2D eigenvalue weighted by Gasteiger charge is 2.09. The average molecular weight is 249 g/mol. The molecule has 0 saturated heterocycles. The van der Waals surface area contributed by atoms with Crippen LogP contribution in [0.1, 0.15) is 33.1 Å². The Morgan fingerprint density at radius 2 is 2.28 bits per heavy atom. The van der Waals surface area contributed by atoms with Gasteiger partial charge in [-0.2, -0.15) is 0 Å². The van der Waals surface area contributed by atoms with Crippen molar-refractivity contribution in [2.24, 2.45) is 0 Å². The van der Waals surface area contributed by atoms with Gasteiger partial charge in [-0.1, -0.05) is 19.8 Å². The van der Waals surface area contributed by atoms with Crippen molar-refractivity contribution in [2.45, 2.75) is 39.2 Å². The minimum atomic E-state index is -0.458. The van der Waals surface area contributed by atoms with Crippen LogP contribution in [-0.2, 0) is 0 Å². The SMILES string of the molecule is CCCCC(C)Nc1cc2[nH]c(=O)oc2cc1N. The fraction of sp³-hybridized carbons (Fsp3) is 0.462. The van der Waals surface area contributed by atoms with E-state index in [1.807, 2.05) is 6.07 Å². The minimum absolute atomic E-state index is 0.350. The van der Waals surface area contributed by atoms with Gasteiger partial charge >= 0.3 is 5.76 Å². The number of nitrogens with one attached hydrogen (secondary N) is 2. The van der Waals surface area contributed by atoms with Crippen molar-refractivity contribution in [3.05, 3.63) is 22.7 Å². The monoisotopic (exact) mass is 249 g/mol. The highest BCUT2D eigenvalue weighted by molar-refractivity contribution is 5.85. The van der Waals surface area contributed by atoms with Gasteiger partial charge in [0.15, 0.2) is 5.58 Å². The van der Waals surface area contributed by atoms with Crippen LogP contribution in [0.5, 0.6) is 0 Å². The van der Waals surface area contributed by atoms with E-state index >= 15 is 0 Å². The maximum absolute atomic E-state index is 11.1. The molecule has 0 bridgehead atoms. The number of aromatic nitrogens is 1. The molecule has 2 aromatic rings. The normalized spacial score (nSPS) is 12.8. The molecule has 0 saturated carbocycles. The standard InChI is InChI=1S/C13H19N3O2/c1-3-4-5-8(2)15-10-7-11-12(6-9(10)14)18-13(17)16-11/h6-8,15H,3-5,14H2,1-2H3,(H,16,17). The van der Waals surface area contributed by atoms with Crippen LogP contribution in [0.3, 0.4) is 0 Å². The molecule has 5 nitrogen and oxygen atoms in total. The van der Waals surface area contributed by atoms with Crippen LogP contribution in [0.15, 0.2) is 21.3 Å². The summed E-state index contributed by atoms with van der Waals surface area (Å²) in [6.07, 6.45) is 3.45. The van der Waals surface area contributed by atoms with E-state index < -0.39 is 5.76 Å². The Hall–Kier alpha value is -1.91. The number of oxazole rings is 1. The third-order valence-electron chi connectivity index (χ3n) is 2.98. The zero-order valence-electron chi connectivity index (χ0n) is 10.7. The molecule has 0 aliphatic carbocycles. The fourth-order valence-electron chi connectivity index (χ4n) is 1.99. The van der Waals surface area contributed by atoms with Crippen molar-refractivity contribution in [1.29, 1.82) is 0 Å². The Kier molecular flexibility index (Phi) is 3.60. The maximum Gasteiger partial charge on any atom is 0.417 e. The van der Waals surface area contributed by atoms with Crippen LogP contribution in [0.4, 0.5) is 11.4 Å². The molecule has 1 heterocycles. The molecule has 98 valence electrons. The Balaban J connectivity index is 2.21. The number of hydrogen-bond acceptors (Lipinski definition) is 4. The van der Waals surface area contributed by atoms with Crippen LogP contribution in [0.2, 0.25) is 0 Å². The lowest BCUT2D eigenvalue weighted by Crippen LogP contribution is -2.15.